The molecule has 1 amide bonds. The molecular formula is C12H23NO3. The Morgan fingerprint density at radius 3 is 2.62 bits per heavy atom. The summed E-state index contributed by atoms with van der Waals surface area (Å²) in [5, 5.41) is 9.21. The number of ether oxygens (including phenoxy) is 1. The van der Waals surface area contributed by atoms with Crippen molar-refractivity contribution in [3.8, 4) is 0 Å². The number of amides is 1. The minimum absolute atomic E-state index is 0.0635. The first-order valence-corrected chi connectivity index (χ1v) is 5.95. The highest BCUT2D eigenvalue weighted by Gasteiger charge is 2.33. The van der Waals surface area contributed by atoms with Crippen molar-refractivity contribution in [1.29, 1.82) is 0 Å². The van der Waals surface area contributed by atoms with Crippen LogP contribution in [0.1, 0.15) is 40.5 Å². The standard InChI is InChI=1S/C12H23NO3/c1-9-10(8-14)6-5-7-13(9)11(15)16-12(2,3)4/h9-10,14H,5-8H2,1-4H3/t9-,10+/m0/s1. The van der Waals surface area contributed by atoms with Crippen molar-refractivity contribution in [3.05, 3.63) is 0 Å². The van der Waals surface area contributed by atoms with Gasteiger partial charge in [0.05, 0.1) is 0 Å². The minimum atomic E-state index is -0.455. The van der Waals surface area contributed by atoms with E-state index in [2.05, 4.69) is 0 Å². The third-order valence-electron chi connectivity index (χ3n) is 3.01. The Labute approximate surface area is 97.6 Å². The molecule has 4 heteroatoms. The first kappa shape index (κ1) is 13.3. The highest BCUT2D eigenvalue weighted by Crippen LogP contribution is 2.24. The van der Waals surface area contributed by atoms with Crippen molar-refractivity contribution in [1.82, 2.24) is 4.90 Å². The largest absolute Gasteiger partial charge is 0.444 e. The molecule has 1 rings (SSSR count). The summed E-state index contributed by atoms with van der Waals surface area (Å²) in [7, 11) is 0. The lowest BCUT2D eigenvalue weighted by atomic mass is 9.91. The molecule has 1 saturated heterocycles. The van der Waals surface area contributed by atoms with Gasteiger partial charge >= 0.3 is 6.09 Å². The van der Waals surface area contributed by atoms with Gasteiger partial charge in [-0.05, 0) is 40.5 Å². The Morgan fingerprint density at radius 2 is 2.12 bits per heavy atom. The SMILES string of the molecule is C[C@H]1[C@@H](CO)CCCN1C(=O)OC(C)(C)C. The van der Waals surface area contributed by atoms with Crippen LogP contribution in [0.2, 0.25) is 0 Å². The number of rotatable bonds is 1. The van der Waals surface area contributed by atoms with E-state index in [1.165, 1.54) is 0 Å². The Morgan fingerprint density at radius 1 is 1.50 bits per heavy atom. The Kier molecular flexibility index (Phi) is 4.19. The van der Waals surface area contributed by atoms with E-state index in [0.29, 0.717) is 0 Å². The molecule has 1 aliphatic rings. The normalized spacial score (nSPS) is 26.7. The van der Waals surface area contributed by atoms with Gasteiger partial charge in [0.2, 0.25) is 0 Å². The van der Waals surface area contributed by atoms with E-state index in [1.54, 1.807) is 4.90 Å². The maximum absolute atomic E-state index is 11.9. The predicted molar refractivity (Wildman–Crippen MR) is 62.2 cm³/mol. The first-order valence-electron chi connectivity index (χ1n) is 5.95. The third kappa shape index (κ3) is 3.37. The molecule has 0 saturated carbocycles. The lowest BCUT2D eigenvalue weighted by Gasteiger charge is -2.39. The molecule has 1 N–H and O–H groups in total. The summed E-state index contributed by atoms with van der Waals surface area (Å²) in [6.45, 7) is 8.44. The zero-order valence-electron chi connectivity index (χ0n) is 10.7. The maximum Gasteiger partial charge on any atom is 0.410 e. The molecule has 2 atom stereocenters. The fourth-order valence-corrected chi connectivity index (χ4v) is 2.05. The number of hydrogen-bond donors (Lipinski definition) is 1. The second-order valence-electron chi connectivity index (χ2n) is 5.50. The summed E-state index contributed by atoms with van der Waals surface area (Å²) in [5.74, 6) is 0.182. The van der Waals surface area contributed by atoms with Crippen LogP contribution in [0.3, 0.4) is 0 Å². The van der Waals surface area contributed by atoms with E-state index in [0.717, 1.165) is 19.4 Å². The van der Waals surface area contributed by atoms with Gasteiger partial charge in [0.1, 0.15) is 5.60 Å². The van der Waals surface area contributed by atoms with Crippen molar-refractivity contribution < 1.29 is 14.6 Å². The molecule has 0 aromatic heterocycles. The van der Waals surface area contributed by atoms with Gasteiger partial charge in [-0.1, -0.05) is 0 Å². The smallest absolute Gasteiger partial charge is 0.410 e. The first-order chi connectivity index (χ1) is 7.35. The predicted octanol–water partition coefficient (Wildman–Crippen LogP) is 2.01. The van der Waals surface area contributed by atoms with Crippen LogP contribution in [0.15, 0.2) is 0 Å². The maximum atomic E-state index is 11.9. The van der Waals surface area contributed by atoms with Crippen molar-refractivity contribution >= 4 is 6.09 Å². The van der Waals surface area contributed by atoms with Gasteiger partial charge in [-0.25, -0.2) is 4.79 Å². The summed E-state index contributed by atoms with van der Waals surface area (Å²) in [6.07, 6.45) is 1.66. The average molecular weight is 229 g/mol. The Balaban J connectivity index is 2.61. The number of aliphatic hydroxyl groups is 1. The average Bonchev–Trinajstić information content (AvgIpc) is 2.15. The molecule has 0 aromatic carbocycles. The van der Waals surface area contributed by atoms with Gasteiger partial charge < -0.3 is 14.7 Å². The quantitative estimate of drug-likeness (QED) is 0.748. The molecule has 0 radical (unpaired) electrons. The minimum Gasteiger partial charge on any atom is -0.444 e. The molecule has 0 aromatic rings. The van der Waals surface area contributed by atoms with Gasteiger partial charge in [-0.15, -0.1) is 0 Å². The molecule has 0 spiro atoms. The van der Waals surface area contributed by atoms with E-state index in [4.69, 9.17) is 4.74 Å². The highest BCUT2D eigenvalue weighted by molar-refractivity contribution is 5.68. The van der Waals surface area contributed by atoms with Crippen LogP contribution >= 0.6 is 0 Å². The highest BCUT2D eigenvalue weighted by atomic mass is 16.6. The van der Waals surface area contributed by atoms with E-state index in [-0.39, 0.29) is 24.7 Å². The van der Waals surface area contributed by atoms with Crippen LogP contribution in [-0.2, 0) is 4.74 Å². The number of piperidine rings is 1. The number of aliphatic hydroxyl groups excluding tert-OH is 1. The van der Waals surface area contributed by atoms with Crippen LogP contribution in [0.4, 0.5) is 4.79 Å². The molecule has 0 unspecified atom stereocenters. The number of carbonyl (C=O) groups excluding carboxylic acids is 1. The van der Waals surface area contributed by atoms with Gasteiger partial charge in [0.25, 0.3) is 0 Å². The molecule has 16 heavy (non-hydrogen) atoms. The molecule has 4 nitrogen and oxygen atoms in total. The van der Waals surface area contributed by atoms with E-state index < -0.39 is 5.60 Å². The van der Waals surface area contributed by atoms with E-state index in [9.17, 15) is 9.90 Å². The van der Waals surface area contributed by atoms with Crippen molar-refractivity contribution in [2.24, 2.45) is 5.92 Å². The zero-order valence-corrected chi connectivity index (χ0v) is 10.7. The third-order valence-corrected chi connectivity index (χ3v) is 3.01. The molecule has 94 valence electrons. The second-order valence-corrected chi connectivity index (χ2v) is 5.50. The lowest BCUT2D eigenvalue weighted by molar-refractivity contribution is -0.00285. The lowest BCUT2D eigenvalue weighted by Crippen LogP contribution is -2.49. The number of likely N-dealkylation sites (tertiary alicyclic amines) is 1. The van der Waals surface area contributed by atoms with E-state index in [1.807, 2.05) is 27.7 Å². The summed E-state index contributed by atoms with van der Waals surface area (Å²) < 4.78 is 5.35. The summed E-state index contributed by atoms with van der Waals surface area (Å²) in [5.41, 5.74) is -0.455. The summed E-state index contributed by atoms with van der Waals surface area (Å²) in [4.78, 5) is 13.6. The summed E-state index contributed by atoms with van der Waals surface area (Å²) >= 11 is 0. The van der Waals surface area contributed by atoms with Gasteiger partial charge in [0, 0.05) is 25.1 Å². The fraction of sp³-hybridized carbons (Fsp3) is 0.917. The molecule has 0 bridgehead atoms. The molecular weight excluding hydrogens is 206 g/mol. The van der Waals surface area contributed by atoms with Crippen LogP contribution in [0.5, 0.6) is 0 Å². The monoisotopic (exact) mass is 229 g/mol. The molecule has 1 aliphatic heterocycles. The van der Waals surface area contributed by atoms with Crippen LogP contribution < -0.4 is 0 Å². The van der Waals surface area contributed by atoms with Crippen LogP contribution in [0, 0.1) is 5.92 Å². The van der Waals surface area contributed by atoms with Gasteiger partial charge in [-0.3, -0.25) is 0 Å². The van der Waals surface area contributed by atoms with Gasteiger partial charge in [-0.2, -0.15) is 0 Å². The number of carbonyl (C=O) groups is 1. The van der Waals surface area contributed by atoms with Crippen LogP contribution in [-0.4, -0.2) is 40.9 Å². The van der Waals surface area contributed by atoms with Crippen molar-refractivity contribution in [3.63, 3.8) is 0 Å². The topological polar surface area (TPSA) is 49.8 Å². The number of nitrogens with zero attached hydrogens (tertiary/aromatic N) is 1. The number of hydrogen-bond acceptors (Lipinski definition) is 3. The van der Waals surface area contributed by atoms with Crippen molar-refractivity contribution in [2.45, 2.75) is 52.2 Å². The Hall–Kier alpha value is -0.770. The van der Waals surface area contributed by atoms with Crippen LogP contribution in [0.25, 0.3) is 0 Å². The van der Waals surface area contributed by atoms with E-state index >= 15 is 0 Å². The molecule has 1 heterocycles. The van der Waals surface area contributed by atoms with Crippen molar-refractivity contribution in [2.75, 3.05) is 13.2 Å². The second kappa shape index (κ2) is 5.04. The molecule has 1 fully saturated rings. The fourth-order valence-electron chi connectivity index (χ4n) is 2.05. The van der Waals surface area contributed by atoms with Gasteiger partial charge in [0.15, 0.2) is 0 Å². The molecule has 0 aliphatic carbocycles. The zero-order chi connectivity index (χ0) is 12.3. The summed E-state index contributed by atoms with van der Waals surface area (Å²) in [6, 6.07) is 0.0635. The Bertz CT molecular complexity index is 247.